The maximum Gasteiger partial charge on any atom is 0.119 e. The van der Waals surface area contributed by atoms with Gasteiger partial charge in [0, 0.05) is 5.38 Å². The predicted octanol–water partition coefficient (Wildman–Crippen LogP) is 2.40. The van der Waals surface area contributed by atoms with E-state index in [2.05, 4.69) is 10.4 Å². The Morgan fingerprint density at radius 3 is 2.61 bits per heavy atom. The molecule has 4 nitrogen and oxygen atoms in total. The molecular formula is C13H17N3OS. The number of hydrogen-bond acceptors (Lipinski definition) is 5. The second kappa shape index (κ2) is 5.95. The number of aromatic nitrogens is 1. The number of aryl methyl sites for hydroxylation is 1. The van der Waals surface area contributed by atoms with Crippen LogP contribution in [0.5, 0.6) is 5.75 Å². The molecule has 0 radical (unpaired) electrons. The van der Waals surface area contributed by atoms with Gasteiger partial charge in [0.1, 0.15) is 5.75 Å². The molecule has 2 aromatic rings. The Labute approximate surface area is 111 Å². The van der Waals surface area contributed by atoms with Gasteiger partial charge in [-0.2, -0.15) is 0 Å². The molecular weight excluding hydrogens is 246 g/mol. The summed E-state index contributed by atoms with van der Waals surface area (Å²) in [4.78, 5) is 4.46. The number of hydrogen-bond donors (Lipinski definition) is 2. The molecule has 1 atom stereocenters. The van der Waals surface area contributed by atoms with Crippen LogP contribution >= 0.6 is 11.3 Å². The van der Waals surface area contributed by atoms with E-state index in [1.165, 1.54) is 0 Å². The second-order valence-electron chi connectivity index (χ2n) is 3.89. The highest BCUT2D eigenvalue weighted by molar-refractivity contribution is 7.09. The van der Waals surface area contributed by atoms with E-state index in [0.29, 0.717) is 6.61 Å². The van der Waals surface area contributed by atoms with E-state index in [0.717, 1.165) is 22.0 Å². The minimum absolute atomic E-state index is 0.0781. The van der Waals surface area contributed by atoms with Gasteiger partial charge in [-0.15, -0.1) is 11.3 Å². The van der Waals surface area contributed by atoms with Crippen LogP contribution in [0.25, 0.3) is 0 Å². The topological polar surface area (TPSA) is 60.2 Å². The number of benzene rings is 1. The minimum Gasteiger partial charge on any atom is -0.494 e. The first-order valence-electron chi connectivity index (χ1n) is 5.85. The van der Waals surface area contributed by atoms with E-state index in [1.807, 2.05) is 43.5 Å². The van der Waals surface area contributed by atoms with Crippen molar-refractivity contribution in [2.75, 3.05) is 6.61 Å². The van der Waals surface area contributed by atoms with Crippen molar-refractivity contribution in [3.63, 3.8) is 0 Å². The zero-order valence-corrected chi connectivity index (χ0v) is 11.3. The van der Waals surface area contributed by atoms with Gasteiger partial charge < -0.3 is 4.74 Å². The van der Waals surface area contributed by atoms with Gasteiger partial charge in [0.15, 0.2) is 0 Å². The number of nitrogens with one attached hydrogen (secondary N) is 1. The van der Waals surface area contributed by atoms with Crippen LogP contribution in [-0.4, -0.2) is 11.6 Å². The highest BCUT2D eigenvalue weighted by atomic mass is 32.1. The molecule has 0 aliphatic carbocycles. The van der Waals surface area contributed by atoms with Crippen LogP contribution in [0.1, 0.15) is 29.2 Å². The number of thiazole rings is 1. The van der Waals surface area contributed by atoms with Crippen molar-refractivity contribution in [1.82, 2.24) is 10.4 Å². The third kappa shape index (κ3) is 2.87. The number of hydrazine groups is 1. The molecule has 0 bridgehead atoms. The van der Waals surface area contributed by atoms with Gasteiger partial charge in [0.25, 0.3) is 0 Å². The summed E-state index contributed by atoms with van der Waals surface area (Å²) in [6.45, 7) is 4.62. The molecule has 0 aliphatic heterocycles. The molecule has 96 valence electrons. The van der Waals surface area contributed by atoms with Crippen molar-refractivity contribution < 1.29 is 4.74 Å². The fraction of sp³-hybridized carbons (Fsp3) is 0.308. The average molecular weight is 263 g/mol. The quantitative estimate of drug-likeness (QED) is 0.642. The molecule has 5 heteroatoms. The molecule has 0 saturated carbocycles. The van der Waals surface area contributed by atoms with Crippen LogP contribution in [0.15, 0.2) is 29.6 Å². The van der Waals surface area contributed by atoms with Crippen LogP contribution in [0, 0.1) is 6.92 Å². The minimum atomic E-state index is -0.0781. The molecule has 1 aromatic carbocycles. The lowest BCUT2D eigenvalue weighted by Crippen LogP contribution is -2.29. The molecule has 1 unspecified atom stereocenters. The molecule has 2 rings (SSSR count). The predicted molar refractivity (Wildman–Crippen MR) is 73.6 cm³/mol. The third-order valence-electron chi connectivity index (χ3n) is 2.62. The Balaban J connectivity index is 2.22. The summed E-state index contributed by atoms with van der Waals surface area (Å²) in [5, 5.41) is 3.06. The van der Waals surface area contributed by atoms with Gasteiger partial charge in [-0.3, -0.25) is 5.84 Å². The van der Waals surface area contributed by atoms with Gasteiger partial charge in [-0.1, -0.05) is 12.1 Å². The molecule has 0 spiro atoms. The first-order valence-corrected chi connectivity index (χ1v) is 6.73. The lowest BCUT2D eigenvalue weighted by Gasteiger charge is -2.14. The monoisotopic (exact) mass is 263 g/mol. The van der Waals surface area contributed by atoms with E-state index in [-0.39, 0.29) is 6.04 Å². The standard InChI is InChI=1S/C13H17N3OS/c1-3-17-11-6-4-10(5-7-11)13(16-14)12-8-18-9(2)15-12/h4-8,13,16H,3,14H2,1-2H3. The van der Waals surface area contributed by atoms with Gasteiger partial charge in [-0.05, 0) is 31.5 Å². The molecule has 3 N–H and O–H groups in total. The molecule has 18 heavy (non-hydrogen) atoms. The second-order valence-corrected chi connectivity index (χ2v) is 4.96. The zero-order chi connectivity index (χ0) is 13.0. The number of ether oxygens (including phenoxy) is 1. The first kappa shape index (κ1) is 13.0. The summed E-state index contributed by atoms with van der Waals surface area (Å²) in [5.74, 6) is 6.49. The number of rotatable bonds is 5. The SMILES string of the molecule is CCOc1ccc(C(NN)c2csc(C)n2)cc1. The summed E-state index contributed by atoms with van der Waals surface area (Å²) in [5.41, 5.74) is 4.83. The molecule has 0 aliphatic rings. The molecule has 1 heterocycles. The van der Waals surface area contributed by atoms with Crippen LogP contribution in [0.4, 0.5) is 0 Å². The fourth-order valence-electron chi connectivity index (χ4n) is 1.79. The van der Waals surface area contributed by atoms with Gasteiger partial charge in [0.05, 0.1) is 23.4 Å². The molecule has 0 fully saturated rings. The van der Waals surface area contributed by atoms with Crippen molar-refractivity contribution in [2.24, 2.45) is 5.84 Å². The largest absolute Gasteiger partial charge is 0.494 e. The van der Waals surface area contributed by atoms with Crippen molar-refractivity contribution in [3.05, 3.63) is 45.9 Å². The third-order valence-corrected chi connectivity index (χ3v) is 3.42. The fourth-order valence-corrected chi connectivity index (χ4v) is 2.43. The highest BCUT2D eigenvalue weighted by Gasteiger charge is 2.15. The van der Waals surface area contributed by atoms with E-state index in [4.69, 9.17) is 10.6 Å². The smallest absolute Gasteiger partial charge is 0.119 e. The summed E-state index contributed by atoms with van der Waals surface area (Å²) in [6.07, 6.45) is 0. The number of nitrogens with two attached hydrogens (primary N) is 1. The Hall–Kier alpha value is -1.43. The molecule has 0 amide bonds. The van der Waals surface area contributed by atoms with Crippen LogP contribution in [-0.2, 0) is 0 Å². The molecule has 0 saturated heterocycles. The van der Waals surface area contributed by atoms with Gasteiger partial charge in [0.2, 0.25) is 0 Å². The zero-order valence-electron chi connectivity index (χ0n) is 10.5. The highest BCUT2D eigenvalue weighted by Crippen LogP contribution is 2.24. The van der Waals surface area contributed by atoms with Crippen molar-refractivity contribution in [2.45, 2.75) is 19.9 Å². The summed E-state index contributed by atoms with van der Waals surface area (Å²) < 4.78 is 5.42. The van der Waals surface area contributed by atoms with Crippen molar-refractivity contribution in [3.8, 4) is 5.75 Å². The summed E-state index contributed by atoms with van der Waals surface area (Å²) in [6, 6.07) is 7.82. The Bertz CT molecular complexity index is 495. The molecule has 1 aromatic heterocycles. The van der Waals surface area contributed by atoms with Crippen molar-refractivity contribution >= 4 is 11.3 Å². The summed E-state index contributed by atoms with van der Waals surface area (Å²) in [7, 11) is 0. The summed E-state index contributed by atoms with van der Waals surface area (Å²) >= 11 is 1.62. The normalized spacial score (nSPS) is 12.4. The lowest BCUT2D eigenvalue weighted by atomic mass is 10.1. The van der Waals surface area contributed by atoms with Crippen molar-refractivity contribution in [1.29, 1.82) is 0 Å². The first-order chi connectivity index (χ1) is 8.74. The van der Waals surface area contributed by atoms with E-state index in [1.54, 1.807) is 11.3 Å². The lowest BCUT2D eigenvalue weighted by molar-refractivity contribution is 0.340. The van der Waals surface area contributed by atoms with Crippen LogP contribution in [0.2, 0.25) is 0 Å². The van der Waals surface area contributed by atoms with Crippen LogP contribution < -0.4 is 16.0 Å². The maximum atomic E-state index is 5.63. The Kier molecular flexibility index (Phi) is 4.30. The van der Waals surface area contributed by atoms with E-state index >= 15 is 0 Å². The average Bonchev–Trinajstić information content (AvgIpc) is 2.79. The number of nitrogens with zero attached hydrogens (tertiary/aromatic N) is 1. The van der Waals surface area contributed by atoms with Gasteiger partial charge >= 0.3 is 0 Å². The van der Waals surface area contributed by atoms with Crippen LogP contribution in [0.3, 0.4) is 0 Å². The Morgan fingerprint density at radius 2 is 2.11 bits per heavy atom. The van der Waals surface area contributed by atoms with E-state index < -0.39 is 0 Å². The van der Waals surface area contributed by atoms with E-state index in [9.17, 15) is 0 Å². The van der Waals surface area contributed by atoms with Gasteiger partial charge in [-0.25, -0.2) is 10.4 Å². The Morgan fingerprint density at radius 1 is 1.39 bits per heavy atom. The maximum absolute atomic E-state index is 5.63.